The van der Waals surface area contributed by atoms with Gasteiger partial charge < -0.3 is 4.57 Å². The molecule has 1 aliphatic heterocycles. The minimum Gasteiger partial charge on any atom is -0.317 e. The number of nitrogens with zero attached hydrogens (tertiary/aromatic N) is 2. The van der Waals surface area contributed by atoms with Gasteiger partial charge in [0.2, 0.25) is 0 Å². The first kappa shape index (κ1) is 18.6. The summed E-state index contributed by atoms with van der Waals surface area (Å²) < 4.78 is 2.00. The van der Waals surface area contributed by atoms with E-state index < -0.39 is 0 Å². The molecule has 2 amide bonds. The molecule has 2 aromatic carbocycles. The number of amides is 2. The first-order valence-corrected chi connectivity index (χ1v) is 9.92. The third kappa shape index (κ3) is 3.39. The lowest BCUT2D eigenvalue weighted by Gasteiger charge is -2.12. The number of benzene rings is 2. The zero-order chi connectivity index (χ0) is 19.8. The van der Waals surface area contributed by atoms with Crippen molar-refractivity contribution in [2.45, 2.75) is 13.8 Å². The van der Waals surface area contributed by atoms with Crippen LogP contribution in [-0.4, -0.2) is 15.7 Å². The van der Waals surface area contributed by atoms with Crippen molar-refractivity contribution in [1.29, 1.82) is 0 Å². The summed E-state index contributed by atoms with van der Waals surface area (Å²) in [6.45, 7) is 4.14. The number of rotatable bonds is 3. The largest absolute Gasteiger partial charge is 0.317 e. The predicted molar refractivity (Wildman–Crippen MR) is 115 cm³/mol. The fourth-order valence-corrected chi connectivity index (χ4v) is 3.99. The van der Waals surface area contributed by atoms with E-state index in [-0.39, 0.29) is 11.1 Å². The molecular weight excluding hydrogens is 392 g/mol. The highest BCUT2D eigenvalue weighted by Crippen LogP contribution is 2.36. The van der Waals surface area contributed by atoms with Gasteiger partial charge in [0.1, 0.15) is 0 Å². The quantitative estimate of drug-likeness (QED) is 0.500. The molecule has 0 N–H and O–H groups in total. The first-order chi connectivity index (χ1) is 13.4. The van der Waals surface area contributed by atoms with Crippen molar-refractivity contribution >= 4 is 46.3 Å². The molecule has 0 bridgehead atoms. The Kier molecular flexibility index (Phi) is 4.87. The Morgan fingerprint density at radius 3 is 2.36 bits per heavy atom. The number of aryl methyl sites for hydroxylation is 2. The zero-order valence-corrected chi connectivity index (χ0v) is 16.9. The summed E-state index contributed by atoms with van der Waals surface area (Å²) in [6, 6.07) is 16.7. The molecule has 6 heteroatoms. The molecule has 28 heavy (non-hydrogen) atoms. The number of halogens is 1. The molecule has 3 aromatic rings. The van der Waals surface area contributed by atoms with Gasteiger partial charge >= 0.3 is 0 Å². The van der Waals surface area contributed by atoms with Gasteiger partial charge in [-0.15, -0.1) is 0 Å². The summed E-state index contributed by atoms with van der Waals surface area (Å²) in [5.74, 6) is -0.329. The second-order valence-electron chi connectivity index (χ2n) is 6.57. The summed E-state index contributed by atoms with van der Waals surface area (Å²) in [7, 11) is 0. The van der Waals surface area contributed by atoms with E-state index >= 15 is 0 Å². The van der Waals surface area contributed by atoms with Gasteiger partial charge in [-0.1, -0.05) is 17.7 Å². The minimum atomic E-state index is -0.329. The lowest BCUT2D eigenvalue weighted by atomic mass is 10.1. The summed E-state index contributed by atoms with van der Waals surface area (Å²) in [6.07, 6.45) is 3.70. The van der Waals surface area contributed by atoms with Crippen molar-refractivity contribution in [3.63, 3.8) is 0 Å². The number of thioether (sulfide) groups is 1. The number of hydrogen-bond donors (Lipinski definition) is 0. The Labute approximate surface area is 172 Å². The van der Waals surface area contributed by atoms with E-state index in [2.05, 4.69) is 26.0 Å². The van der Waals surface area contributed by atoms with Gasteiger partial charge in [0.15, 0.2) is 0 Å². The molecule has 4 rings (SSSR count). The topological polar surface area (TPSA) is 42.3 Å². The number of carbonyl (C=O) groups excluding carboxylic acids is 2. The lowest BCUT2D eigenvalue weighted by Crippen LogP contribution is -2.27. The Morgan fingerprint density at radius 2 is 1.64 bits per heavy atom. The van der Waals surface area contributed by atoms with Gasteiger partial charge in [-0.25, -0.2) is 4.90 Å². The van der Waals surface area contributed by atoms with Crippen molar-refractivity contribution in [3.8, 4) is 5.69 Å². The van der Waals surface area contributed by atoms with E-state index in [1.54, 1.807) is 30.3 Å². The smallest absolute Gasteiger partial charge is 0.298 e. The van der Waals surface area contributed by atoms with Gasteiger partial charge in [0.25, 0.3) is 11.1 Å². The van der Waals surface area contributed by atoms with Gasteiger partial charge in [-0.3, -0.25) is 9.59 Å². The van der Waals surface area contributed by atoms with E-state index in [9.17, 15) is 9.59 Å². The third-order valence-electron chi connectivity index (χ3n) is 4.71. The van der Waals surface area contributed by atoms with Crippen LogP contribution < -0.4 is 4.90 Å². The number of aromatic nitrogens is 1. The van der Waals surface area contributed by atoms with Crippen LogP contribution in [0.25, 0.3) is 11.8 Å². The van der Waals surface area contributed by atoms with Crippen LogP contribution in [0.5, 0.6) is 0 Å². The van der Waals surface area contributed by atoms with Gasteiger partial charge in [0.05, 0.1) is 10.6 Å². The lowest BCUT2D eigenvalue weighted by molar-refractivity contribution is -0.113. The first-order valence-electron chi connectivity index (χ1n) is 8.72. The molecule has 0 saturated carbocycles. The molecule has 0 spiro atoms. The summed E-state index contributed by atoms with van der Waals surface area (Å²) in [5, 5.41) is 0.236. The molecular formula is C22H17ClN2O2S. The van der Waals surface area contributed by atoms with E-state index in [1.165, 1.54) is 16.0 Å². The van der Waals surface area contributed by atoms with E-state index in [4.69, 9.17) is 11.6 Å². The van der Waals surface area contributed by atoms with Gasteiger partial charge in [-0.05, 0) is 91.3 Å². The van der Waals surface area contributed by atoms with E-state index in [1.807, 2.05) is 29.0 Å². The van der Waals surface area contributed by atoms with Crippen LogP contribution in [0.3, 0.4) is 0 Å². The Morgan fingerprint density at radius 1 is 0.929 bits per heavy atom. The zero-order valence-electron chi connectivity index (χ0n) is 15.3. The standard InChI is InChI=1S/C22H17ClN2O2S/c1-14-5-8-19(12-15(14)2)24-11-3-4-18(24)13-20-21(26)25(22(27)28-20)17-9-6-16(23)7-10-17/h3-13H,1-2H3/b20-13+. The Hall–Kier alpha value is -2.76. The van der Waals surface area contributed by atoms with Crippen LogP contribution in [0, 0.1) is 13.8 Å². The summed E-state index contributed by atoms with van der Waals surface area (Å²) in [5.41, 5.74) is 4.78. The maximum Gasteiger partial charge on any atom is 0.298 e. The molecule has 0 radical (unpaired) electrons. The Bertz CT molecular complexity index is 1120. The van der Waals surface area contributed by atoms with Crippen LogP contribution in [0.15, 0.2) is 65.7 Å². The monoisotopic (exact) mass is 408 g/mol. The third-order valence-corrected chi connectivity index (χ3v) is 5.83. The molecule has 2 heterocycles. The maximum absolute atomic E-state index is 12.8. The van der Waals surface area contributed by atoms with E-state index in [0.29, 0.717) is 15.6 Å². The van der Waals surface area contributed by atoms with Crippen molar-refractivity contribution < 1.29 is 9.59 Å². The van der Waals surface area contributed by atoms with E-state index in [0.717, 1.165) is 23.1 Å². The second kappa shape index (κ2) is 7.34. The van der Waals surface area contributed by atoms with Crippen LogP contribution in [-0.2, 0) is 4.79 Å². The molecule has 140 valence electrons. The van der Waals surface area contributed by atoms with Crippen LogP contribution in [0.4, 0.5) is 10.5 Å². The molecule has 1 aromatic heterocycles. The van der Waals surface area contributed by atoms with Crippen molar-refractivity contribution in [1.82, 2.24) is 4.57 Å². The molecule has 1 saturated heterocycles. The van der Waals surface area contributed by atoms with Crippen LogP contribution >= 0.6 is 23.4 Å². The number of carbonyl (C=O) groups is 2. The molecule has 0 unspecified atom stereocenters. The highest BCUT2D eigenvalue weighted by atomic mass is 35.5. The summed E-state index contributed by atoms with van der Waals surface area (Å²) >= 11 is 6.84. The molecule has 0 aliphatic carbocycles. The van der Waals surface area contributed by atoms with Gasteiger partial charge in [-0.2, -0.15) is 0 Å². The van der Waals surface area contributed by atoms with Crippen molar-refractivity contribution in [3.05, 3.63) is 87.5 Å². The minimum absolute atomic E-state index is 0.317. The highest BCUT2D eigenvalue weighted by molar-refractivity contribution is 8.19. The SMILES string of the molecule is Cc1ccc(-n2cccc2/C=C2/SC(=O)N(c3ccc(Cl)cc3)C2=O)cc1C. The molecule has 1 fully saturated rings. The average molecular weight is 409 g/mol. The Balaban J connectivity index is 1.68. The molecule has 1 aliphatic rings. The average Bonchev–Trinajstić information content (AvgIpc) is 3.23. The number of imide groups is 1. The molecule has 0 atom stereocenters. The maximum atomic E-state index is 12.8. The van der Waals surface area contributed by atoms with Gasteiger partial charge in [0, 0.05) is 22.6 Å². The van der Waals surface area contributed by atoms with Crippen LogP contribution in [0.2, 0.25) is 5.02 Å². The fraction of sp³-hybridized carbons (Fsp3) is 0.0909. The van der Waals surface area contributed by atoms with Crippen LogP contribution in [0.1, 0.15) is 16.8 Å². The molecule has 4 nitrogen and oxygen atoms in total. The predicted octanol–water partition coefficient (Wildman–Crippen LogP) is 5.99. The van der Waals surface area contributed by atoms with Crippen molar-refractivity contribution in [2.24, 2.45) is 0 Å². The number of anilines is 1. The summed E-state index contributed by atoms with van der Waals surface area (Å²) in [4.78, 5) is 26.9. The number of hydrogen-bond acceptors (Lipinski definition) is 3. The second-order valence-corrected chi connectivity index (χ2v) is 7.99. The fourth-order valence-electron chi connectivity index (χ4n) is 3.04. The normalized spacial score (nSPS) is 15.7. The van der Waals surface area contributed by atoms with Crippen molar-refractivity contribution in [2.75, 3.05) is 4.90 Å². The highest BCUT2D eigenvalue weighted by Gasteiger charge is 2.36.